The minimum absolute atomic E-state index is 0.276. The maximum absolute atomic E-state index is 13.5. The third-order valence-electron chi connectivity index (χ3n) is 3.38. The van der Waals surface area contributed by atoms with Gasteiger partial charge >= 0.3 is 5.97 Å². The summed E-state index contributed by atoms with van der Waals surface area (Å²) in [4.78, 5) is 33.4. The normalized spacial score (nSPS) is 16.7. The molecule has 0 aromatic heterocycles. The molecule has 0 heterocycles. The first-order valence-electron chi connectivity index (χ1n) is 7.03. The molecule has 8 heteroatoms. The number of carbonyl (C=O) groups excluding carboxylic acids is 2. The molecule has 0 spiro atoms. The number of rotatable bonds is 5. The highest BCUT2D eigenvalue weighted by Crippen LogP contribution is 2.22. The van der Waals surface area contributed by atoms with Gasteiger partial charge in [-0.1, -0.05) is 12.2 Å². The SMILES string of the molecule is O=C(COC(=O)[C@H]1CC=CCC1)Nc1cc([N+](=O)[O-])ccc1F. The molecule has 1 aliphatic rings. The quantitative estimate of drug-likeness (QED) is 0.389. The van der Waals surface area contributed by atoms with Gasteiger partial charge in [0.2, 0.25) is 0 Å². The molecule has 1 aromatic carbocycles. The number of anilines is 1. The Hall–Kier alpha value is -2.77. The van der Waals surface area contributed by atoms with Crippen LogP contribution in [0.25, 0.3) is 0 Å². The Morgan fingerprint density at radius 2 is 2.17 bits per heavy atom. The topological polar surface area (TPSA) is 98.5 Å². The second-order valence-electron chi connectivity index (χ2n) is 5.06. The van der Waals surface area contributed by atoms with E-state index in [0.29, 0.717) is 12.8 Å². The van der Waals surface area contributed by atoms with Crippen molar-refractivity contribution in [2.24, 2.45) is 5.92 Å². The highest BCUT2D eigenvalue weighted by atomic mass is 19.1. The minimum atomic E-state index is -0.812. The third-order valence-corrected chi connectivity index (χ3v) is 3.38. The lowest BCUT2D eigenvalue weighted by Crippen LogP contribution is -2.25. The average Bonchev–Trinajstić information content (AvgIpc) is 2.55. The molecule has 0 saturated heterocycles. The van der Waals surface area contributed by atoms with Crippen LogP contribution in [-0.4, -0.2) is 23.4 Å². The Morgan fingerprint density at radius 1 is 1.39 bits per heavy atom. The van der Waals surface area contributed by atoms with Gasteiger partial charge in [0.15, 0.2) is 6.61 Å². The number of amides is 1. The van der Waals surface area contributed by atoms with E-state index >= 15 is 0 Å². The van der Waals surface area contributed by atoms with Crippen molar-refractivity contribution < 1.29 is 23.6 Å². The second-order valence-corrected chi connectivity index (χ2v) is 5.06. The van der Waals surface area contributed by atoms with E-state index in [2.05, 4.69) is 5.32 Å². The number of nitro groups is 1. The predicted octanol–water partition coefficient (Wildman–Crippen LogP) is 2.57. The van der Waals surface area contributed by atoms with Crippen LogP contribution >= 0.6 is 0 Å². The number of esters is 1. The fourth-order valence-electron chi connectivity index (χ4n) is 2.17. The average molecular weight is 322 g/mol. The molecule has 7 nitrogen and oxygen atoms in total. The monoisotopic (exact) mass is 322 g/mol. The number of hydrogen-bond donors (Lipinski definition) is 1. The molecule has 0 aliphatic heterocycles. The van der Waals surface area contributed by atoms with Crippen LogP contribution in [0.5, 0.6) is 0 Å². The van der Waals surface area contributed by atoms with Crippen molar-refractivity contribution in [3.05, 3.63) is 46.3 Å². The maximum atomic E-state index is 13.5. The highest BCUT2D eigenvalue weighted by Gasteiger charge is 2.21. The summed E-state index contributed by atoms with van der Waals surface area (Å²) in [5.41, 5.74) is -0.687. The van der Waals surface area contributed by atoms with E-state index in [1.54, 1.807) is 0 Å². The number of halogens is 1. The van der Waals surface area contributed by atoms with Crippen molar-refractivity contribution in [2.75, 3.05) is 11.9 Å². The Morgan fingerprint density at radius 3 is 2.83 bits per heavy atom. The van der Waals surface area contributed by atoms with Crippen LogP contribution in [0, 0.1) is 21.8 Å². The Bertz CT molecular complexity index is 659. The number of carbonyl (C=O) groups is 2. The van der Waals surface area contributed by atoms with Crippen LogP contribution in [0.3, 0.4) is 0 Å². The molecule has 1 aromatic rings. The molecule has 0 bridgehead atoms. The van der Waals surface area contributed by atoms with Crippen molar-refractivity contribution in [1.82, 2.24) is 0 Å². The molecule has 23 heavy (non-hydrogen) atoms. The van der Waals surface area contributed by atoms with Crippen LogP contribution < -0.4 is 5.32 Å². The molecular formula is C15H15FN2O5. The van der Waals surface area contributed by atoms with Crippen LogP contribution in [0.4, 0.5) is 15.8 Å². The first kappa shape index (κ1) is 16.6. The van der Waals surface area contributed by atoms with Crippen molar-refractivity contribution in [3.8, 4) is 0 Å². The Balaban J connectivity index is 1.89. The van der Waals surface area contributed by atoms with E-state index in [0.717, 1.165) is 24.6 Å². The molecule has 1 N–H and O–H groups in total. The van der Waals surface area contributed by atoms with Crippen molar-refractivity contribution in [3.63, 3.8) is 0 Å². The van der Waals surface area contributed by atoms with Crippen LogP contribution in [0.2, 0.25) is 0 Å². The Labute approximate surface area is 131 Å². The molecule has 0 radical (unpaired) electrons. The molecule has 0 saturated carbocycles. The number of nitrogens with zero attached hydrogens (tertiary/aromatic N) is 1. The maximum Gasteiger partial charge on any atom is 0.309 e. The molecular weight excluding hydrogens is 307 g/mol. The zero-order valence-corrected chi connectivity index (χ0v) is 12.2. The summed E-state index contributed by atoms with van der Waals surface area (Å²) in [7, 11) is 0. The molecule has 122 valence electrons. The van der Waals surface area contributed by atoms with Crippen molar-refractivity contribution in [2.45, 2.75) is 19.3 Å². The summed E-state index contributed by atoms with van der Waals surface area (Å²) < 4.78 is 18.4. The highest BCUT2D eigenvalue weighted by molar-refractivity contribution is 5.93. The molecule has 2 rings (SSSR count). The molecule has 1 amide bonds. The summed E-state index contributed by atoms with van der Waals surface area (Å²) >= 11 is 0. The lowest BCUT2D eigenvalue weighted by atomic mass is 9.95. The molecule has 0 unspecified atom stereocenters. The predicted molar refractivity (Wildman–Crippen MR) is 79.1 cm³/mol. The summed E-state index contributed by atoms with van der Waals surface area (Å²) in [5.74, 6) is -2.33. The number of nitro benzene ring substituents is 1. The van der Waals surface area contributed by atoms with E-state index in [1.807, 2.05) is 12.2 Å². The number of hydrogen-bond acceptors (Lipinski definition) is 5. The van der Waals surface area contributed by atoms with Gasteiger partial charge in [0.25, 0.3) is 11.6 Å². The Kier molecular flexibility index (Phi) is 5.40. The molecule has 0 fully saturated rings. The van der Waals surface area contributed by atoms with Crippen LogP contribution in [0.15, 0.2) is 30.4 Å². The van der Waals surface area contributed by atoms with E-state index < -0.39 is 29.2 Å². The van der Waals surface area contributed by atoms with Gasteiger partial charge in [-0.3, -0.25) is 19.7 Å². The van der Waals surface area contributed by atoms with Gasteiger partial charge in [0.1, 0.15) is 5.82 Å². The number of allylic oxidation sites excluding steroid dienone is 2. The summed E-state index contributed by atoms with van der Waals surface area (Å²) in [6, 6.07) is 2.77. The summed E-state index contributed by atoms with van der Waals surface area (Å²) in [6.45, 7) is -0.568. The van der Waals surface area contributed by atoms with Gasteiger partial charge in [-0.05, 0) is 25.3 Å². The van der Waals surface area contributed by atoms with Crippen molar-refractivity contribution in [1.29, 1.82) is 0 Å². The number of non-ortho nitro benzene ring substituents is 1. The number of benzene rings is 1. The zero-order valence-electron chi connectivity index (χ0n) is 12.2. The van der Waals surface area contributed by atoms with Crippen molar-refractivity contribution >= 4 is 23.3 Å². The smallest absolute Gasteiger partial charge is 0.309 e. The third kappa shape index (κ3) is 4.60. The van der Waals surface area contributed by atoms with Gasteiger partial charge in [-0.2, -0.15) is 0 Å². The molecule has 1 aliphatic carbocycles. The van der Waals surface area contributed by atoms with E-state index in [1.165, 1.54) is 0 Å². The fourth-order valence-corrected chi connectivity index (χ4v) is 2.17. The lowest BCUT2D eigenvalue weighted by molar-refractivity contribution is -0.384. The van der Waals surface area contributed by atoms with Gasteiger partial charge in [0.05, 0.1) is 16.5 Å². The van der Waals surface area contributed by atoms with Crippen LogP contribution in [-0.2, 0) is 14.3 Å². The van der Waals surface area contributed by atoms with E-state index in [9.17, 15) is 24.1 Å². The zero-order chi connectivity index (χ0) is 16.8. The standard InChI is InChI=1S/C15H15FN2O5/c16-12-7-6-11(18(21)22)8-13(12)17-14(19)9-23-15(20)10-4-2-1-3-5-10/h1-2,6-8,10H,3-5,9H2,(H,17,19)/t10-/m0/s1. The van der Waals surface area contributed by atoms with E-state index in [4.69, 9.17) is 4.74 Å². The summed E-state index contributed by atoms with van der Waals surface area (Å²) in [5, 5.41) is 12.8. The second kappa shape index (κ2) is 7.48. The minimum Gasteiger partial charge on any atom is -0.455 e. The molecule has 1 atom stereocenters. The van der Waals surface area contributed by atoms with Gasteiger partial charge in [0, 0.05) is 12.1 Å². The van der Waals surface area contributed by atoms with Gasteiger partial charge in [-0.15, -0.1) is 0 Å². The van der Waals surface area contributed by atoms with E-state index in [-0.39, 0.29) is 17.3 Å². The largest absolute Gasteiger partial charge is 0.455 e. The lowest BCUT2D eigenvalue weighted by Gasteiger charge is -2.16. The van der Waals surface area contributed by atoms with Gasteiger partial charge < -0.3 is 10.1 Å². The number of nitrogens with one attached hydrogen (secondary N) is 1. The first-order valence-corrected chi connectivity index (χ1v) is 7.03. The summed E-state index contributed by atoms with van der Waals surface area (Å²) in [6.07, 6.45) is 5.87. The fraction of sp³-hybridized carbons (Fsp3) is 0.333. The van der Waals surface area contributed by atoms with Crippen LogP contribution in [0.1, 0.15) is 19.3 Å². The number of ether oxygens (including phenoxy) is 1. The first-order chi connectivity index (χ1) is 11.0. The van der Waals surface area contributed by atoms with Gasteiger partial charge in [-0.25, -0.2) is 4.39 Å².